The van der Waals surface area contributed by atoms with Crippen molar-refractivity contribution in [2.24, 2.45) is 0 Å². The molecule has 1 N–H and O–H groups in total. The Balaban J connectivity index is 1.79. The van der Waals surface area contributed by atoms with Crippen LogP contribution in [-0.4, -0.2) is 41.6 Å². The SMILES string of the molecule is CCN(CC)c1cc(C(C)C2NC(=O)N(c3ccc(SC(F)(F)F)cc3)C2=O)ccn1. The highest BCUT2D eigenvalue weighted by molar-refractivity contribution is 8.00. The minimum Gasteiger partial charge on any atom is -0.357 e. The Hall–Kier alpha value is -2.75. The molecule has 1 fully saturated rings. The van der Waals surface area contributed by atoms with Crippen LogP contribution in [0.25, 0.3) is 0 Å². The molecule has 0 spiro atoms. The van der Waals surface area contributed by atoms with Crippen LogP contribution in [0.1, 0.15) is 32.3 Å². The van der Waals surface area contributed by atoms with Crippen molar-refractivity contribution < 1.29 is 22.8 Å². The standard InChI is InChI=1S/C21H23F3N4O2S/c1-4-27(5-2)17-12-14(10-11-25-17)13(3)18-19(29)28(20(30)26-18)15-6-8-16(9-7-15)31-21(22,23)24/h6-13,18H,4-5H2,1-3H3,(H,26,30). The molecule has 2 aromatic rings. The van der Waals surface area contributed by atoms with Gasteiger partial charge in [0.25, 0.3) is 5.91 Å². The predicted octanol–water partition coefficient (Wildman–Crippen LogP) is 4.77. The molecule has 1 aromatic carbocycles. The van der Waals surface area contributed by atoms with Gasteiger partial charge in [-0.15, -0.1) is 0 Å². The highest BCUT2D eigenvalue weighted by atomic mass is 32.2. The third-order valence-corrected chi connectivity index (χ3v) is 5.92. The highest BCUT2D eigenvalue weighted by Crippen LogP contribution is 2.38. The molecule has 0 radical (unpaired) electrons. The summed E-state index contributed by atoms with van der Waals surface area (Å²) < 4.78 is 37.6. The average Bonchev–Trinajstić information content (AvgIpc) is 3.02. The molecule has 1 aliphatic heterocycles. The minimum absolute atomic E-state index is 0.0195. The molecule has 0 aliphatic carbocycles. The number of imide groups is 1. The third kappa shape index (κ3) is 5.12. The lowest BCUT2D eigenvalue weighted by atomic mass is 9.93. The van der Waals surface area contributed by atoms with Crippen LogP contribution >= 0.6 is 11.8 Å². The number of thioether (sulfide) groups is 1. The van der Waals surface area contributed by atoms with Gasteiger partial charge in [0.2, 0.25) is 0 Å². The number of carbonyl (C=O) groups is 2. The first-order valence-electron chi connectivity index (χ1n) is 9.85. The van der Waals surface area contributed by atoms with Crippen LogP contribution in [0.3, 0.4) is 0 Å². The molecule has 1 aliphatic rings. The van der Waals surface area contributed by atoms with E-state index in [0.29, 0.717) is 0 Å². The fraction of sp³-hybridized carbons (Fsp3) is 0.381. The molecule has 2 atom stereocenters. The van der Waals surface area contributed by atoms with Crippen molar-refractivity contribution in [2.75, 3.05) is 22.9 Å². The Morgan fingerprint density at radius 2 is 1.81 bits per heavy atom. The smallest absolute Gasteiger partial charge is 0.357 e. The molecule has 3 rings (SSSR count). The maximum absolute atomic E-state index is 13.0. The van der Waals surface area contributed by atoms with Gasteiger partial charge in [-0.1, -0.05) is 6.92 Å². The van der Waals surface area contributed by atoms with Gasteiger partial charge < -0.3 is 10.2 Å². The van der Waals surface area contributed by atoms with Gasteiger partial charge in [-0.2, -0.15) is 13.2 Å². The van der Waals surface area contributed by atoms with E-state index < -0.39 is 23.5 Å². The fourth-order valence-corrected chi connectivity index (χ4v) is 4.05. The van der Waals surface area contributed by atoms with Gasteiger partial charge in [0.05, 0.1) is 5.69 Å². The molecule has 2 unspecified atom stereocenters. The summed E-state index contributed by atoms with van der Waals surface area (Å²) >= 11 is -0.250. The van der Waals surface area contributed by atoms with Crippen molar-refractivity contribution in [1.29, 1.82) is 0 Å². The monoisotopic (exact) mass is 452 g/mol. The molecule has 2 heterocycles. The topological polar surface area (TPSA) is 65.5 Å². The van der Waals surface area contributed by atoms with E-state index in [1.54, 1.807) is 6.20 Å². The van der Waals surface area contributed by atoms with Gasteiger partial charge in [0, 0.05) is 30.1 Å². The second-order valence-electron chi connectivity index (χ2n) is 7.05. The van der Waals surface area contributed by atoms with Crippen molar-refractivity contribution >= 4 is 35.2 Å². The lowest BCUT2D eigenvalue weighted by molar-refractivity contribution is -0.118. The van der Waals surface area contributed by atoms with Crippen molar-refractivity contribution in [2.45, 2.75) is 43.1 Å². The summed E-state index contributed by atoms with van der Waals surface area (Å²) in [6.45, 7) is 7.47. The number of benzene rings is 1. The summed E-state index contributed by atoms with van der Waals surface area (Å²) in [7, 11) is 0. The van der Waals surface area contributed by atoms with Crippen LogP contribution in [0, 0.1) is 0 Å². The number of pyridine rings is 1. The van der Waals surface area contributed by atoms with Crippen molar-refractivity contribution in [3.63, 3.8) is 0 Å². The molecule has 10 heteroatoms. The molecule has 166 valence electrons. The predicted molar refractivity (Wildman–Crippen MR) is 114 cm³/mol. The molecule has 1 saturated heterocycles. The number of hydrogen-bond acceptors (Lipinski definition) is 5. The van der Waals surface area contributed by atoms with E-state index in [1.807, 2.05) is 32.9 Å². The van der Waals surface area contributed by atoms with Crippen molar-refractivity contribution in [3.8, 4) is 0 Å². The molecular weight excluding hydrogens is 429 g/mol. The van der Waals surface area contributed by atoms with E-state index in [0.717, 1.165) is 29.4 Å². The maximum atomic E-state index is 13.0. The minimum atomic E-state index is -4.41. The Labute approximate surface area is 182 Å². The van der Waals surface area contributed by atoms with E-state index >= 15 is 0 Å². The number of nitrogens with zero attached hydrogens (tertiary/aromatic N) is 3. The lowest BCUT2D eigenvalue weighted by Gasteiger charge is -2.23. The number of halogens is 3. The summed E-state index contributed by atoms with van der Waals surface area (Å²) in [5, 5.41) is 2.70. The van der Waals surface area contributed by atoms with Gasteiger partial charge in [0.1, 0.15) is 11.9 Å². The largest absolute Gasteiger partial charge is 0.446 e. The quantitative estimate of drug-likeness (QED) is 0.484. The van der Waals surface area contributed by atoms with E-state index in [-0.39, 0.29) is 28.3 Å². The number of alkyl halides is 3. The van der Waals surface area contributed by atoms with Crippen molar-refractivity contribution in [1.82, 2.24) is 10.3 Å². The Morgan fingerprint density at radius 3 is 2.39 bits per heavy atom. The number of urea groups is 1. The Kier molecular flexibility index (Phi) is 6.78. The Bertz CT molecular complexity index is 948. The van der Waals surface area contributed by atoms with E-state index in [4.69, 9.17) is 0 Å². The zero-order valence-electron chi connectivity index (χ0n) is 17.3. The van der Waals surface area contributed by atoms with Crippen LogP contribution in [0.15, 0.2) is 47.5 Å². The van der Waals surface area contributed by atoms with Gasteiger partial charge >= 0.3 is 11.5 Å². The van der Waals surface area contributed by atoms with Gasteiger partial charge in [-0.25, -0.2) is 14.7 Å². The summed E-state index contributed by atoms with van der Waals surface area (Å²) in [6, 6.07) is 7.48. The highest BCUT2D eigenvalue weighted by Gasteiger charge is 2.42. The van der Waals surface area contributed by atoms with E-state index in [1.165, 1.54) is 24.3 Å². The van der Waals surface area contributed by atoms with Crippen molar-refractivity contribution in [3.05, 3.63) is 48.2 Å². The summed E-state index contributed by atoms with van der Waals surface area (Å²) in [5.41, 5.74) is -3.33. The molecule has 0 bridgehead atoms. The number of anilines is 2. The molecular formula is C21H23F3N4O2S. The van der Waals surface area contributed by atoms with Crippen LogP contribution in [0.4, 0.5) is 29.5 Å². The molecule has 6 nitrogen and oxygen atoms in total. The van der Waals surface area contributed by atoms with E-state index in [2.05, 4.69) is 15.2 Å². The maximum Gasteiger partial charge on any atom is 0.446 e. The number of amides is 3. The first-order chi connectivity index (χ1) is 14.6. The first-order valence-corrected chi connectivity index (χ1v) is 10.7. The van der Waals surface area contributed by atoms with Crippen LogP contribution in [-0.2, 0) is 4.79 Å². The number of aromatic nitrogens is 1. The van der Waals surface area contributed by atoms with Crippen LogP contribution < -0.4 is 15.1 Å². The zero-order valence-corrected chi connectivity index (χ0v) is 18.1. The molecule has 31 heavy (non-hydrogen) atoms. The zero-order chi connectivity index (χ0) is 22.8. The number of nitrogens with one attached hydrogen (secondary N) is 1. The summed E-state index contributed by atoms with van der Waals surface area (Å²) in [4.78, 5) is 32.9. The fourth-order valence-electron chi connectivity index (χ4n) is 3.51. The third-order valence-electron chi connectivity index (χ3n) is 5.18. The average molecular weight is 453 g/mol. The number of rotatable bonds is 7. The van der Waals surface area contributed by atoms with Gasteiger partial charge in [0.15, 0.2) is 0 Å². The second-order valence-corrected chi connectivity index (χ2v) is 8.19. The van der Waals surface area contributed by atoms with Crippen LogP contribution in [0.5, 0.6) is 0 Å². The summed E-state index contributed by atoms with van der Waals surface area (Å²) in [5.74, 6) is 0.0227. The normalized spacial score (nSPS) is 17.6. The number of carbonyl (C=O) groups excluding carboxylic acids is 2. The number of hydrogen-bond donors (Lipinski definition) is 1. The molecule has 0 saturated carbocycles. The van der Waals surface area contributed by atoms with Gasteiger partial charge in [-0.3, -0.25) is 4.79 Å². The summed E-state index contributed by atoms with van der Waals surface area (Å²) in [6.07, 6.45) is 1.68. The Morgan fingerprint density at radius 1 is 1.16 bits per heavy atom. The van der Waals surface area contributed by atoms with E-state index in [9.17, 15) is 22.8 Å². The molecule has 3 amide bonds. The second kappa shape index (κ2) is 9.17. The molecule has 1 aromatic heterocycles. The first kappa shape index (κ1) is 22.9. The lowest BCUT2D eigenvalue weighted by Crippen LogP contribution is -2.35. The van der Waals surface area contributed by atoms with Gasteiger partial charge in [-0.05, 0) is 67.6 Å². The van der Waals surface area contributed by atoms with Crippen LogP contribution in [0.2, 0.25) is 0 Å².